The minimum absolute atomic E-state index is 0.00131. The van der Waals surface area contributed by atoms with Gasteiger partial charge in [-0.1, -0.05) is 0 Å². The van der Waals surface area contributed by atoms with Crippen LogP contribution in [-0.4, -0.2) is 18.4 Å². The van der Waals surface area contributed by atoms with Crippen molar-refractivity contribution in [3.63, 3.8) is 0 Å². The number of carbonyl (C=O) groups excluding carboxylic acids is 2. The van der Waals surface area contributed by atoms with E-state index in [2.05, 4.69) is 33.2 Å². The molecule has 0 heterocycles. The minimum atomic E-state index is -0.230. The zero-order chi connectivity index (χ0) is 11.3. The van der Waals surface area contributed by atoms with Gasteiger partial charge in [-0.05, 0) is 46.9 Å². The largest absolute Gasteiger partial charge is 0.347 e. The number of nitrogens with one attached hydrogen (secondary N) is 2. The molecule has 0 aliphatic carbocycles. The summed E-state index contributed by atoms with van der Waals surface area (Å²) in [5.41, 5.74) is 0.728. The summed E-state index contributed by atoms with van der Waals surface area (Å²) >= 11 is 2.19. The van der Waals surface area contributed by atoms with Crippen LogP contribution in [0.25, 0.3) is 0 Å². The number of rotatable bonds is 3. The summed E-state index contributed by atoms with van der Waals surface area (Å²) in [6.07, 6.45) is 0. The van der Waals surface area contributed by atoms with E-state index in [-0.39, 0.29) is 18.4 Å². The number of anilines is 1. The van der Waals surface area contributed by atoms with Crippen molar-refractivity contribution in [1.29, 1.82) is 0 Å². The first-order valence-corrected chi connectivity index (χ1v) is 5.45. The lowest BCUT2D eigenvalue weighted by molar-refractivity contribution is -0.122. The summed E-state index contributed by atoms with van der Waals surface area (Å²) in [6, 6.07) is 7.42. The topological polar surface area (TPSA) is 58.2 Å². The van der Waals surface area contributed by atoms with Gasteiger partial charge < -0.3 is 10.6 Å². The molecule has 0 saturated carbocycles. The lowest BCUT2D eigenvalue weighted by atomic mass is 10.3. The van der Waals surface area contributed by atoms with Crippen molar-refractivity contribution in [2.24, 2.45) is 0 Å². The van der Waals surface area contributed by atoms with Crippen LogP contribution >= 0.6 is 22.6 Å². The third-order valence-electron chi connectivity index (χ3n) is 1.63. The van der Waals surface area contributed by atoms with Gasteiger partial charge in [0.1, 0.15) is 0 Å². The van der Waals surface area contributed by atoms with Crippen LogP contribution < -0.4 is 10.6 Å². The average Bonchev–Trinajstić information content (AvgIpc) is 2.19. The summed E-state index contributed by atoms with van der Waals surface area (Å²) in [6.45, 7) is 1.37. The zero-order valence-electron chi connectivity index (χ0n) is 8.21. The maximum absolute atomic E-state index is 11.3. The Bertz CT molecular complexity index is 362. The van der Waals surface area contributed by atoms with Crippen LogP contribution in [0.1, 0.15) is 6.92 Å². The molecule has 4 nitrogen and oxygen atoms in total. The van der Waals surface area contributed by atoms with E-state index in [0.29, 0.717) is 0 Å². The van der Waals surface area contributed by atoms with Gasteiger partial charge in [-0.3, -0.25) is 9.59 Å². The summed E-state index contributed by atoms with van der Waals surface area (Å²) in [7, 11) is 0. The molecule has 0 radical (unpaired) electrons. The van der Waals surface area contributed by atoms with Gasteiger partial charge >= 0.3 is 0 Å². The lowest BCUT2D eigenvalue weighted by Gasteiger charge is -2.05. The number of benzene rings is 1. The van der Waals surface area contributed by atoms with Crippen LogP contribution in [0, 0.1) is 3.57 Å². The molecule has 0 aromatic heterocycles. The zero-order valence-corrected chi connectivity index (χ0v) is 10.4. The Morgan fingerprint density at radius 1 is 1.27 bits per heavy atom. The standard InChI is InChI=1S/C10H11IN2O2/c1-7(14)12-6-10(15)13-9-4-2-8(11)3-5-9/h2-5H,6H2,1H3,(H,12,14)(H,13,15). The number of hydrogen-bond donors (Lipinski definition) is 2. The normalized spacial score (nSPS) is 9.47. The van der Waals surface area contributed by atoms with E-state index in [1.165, 1.54) is 6.92 Å². The van der Waals surface area contributed by atoms with Crippen molar-refractivity contribution < 1.29 is 9.59 Å². The quantitative estimate of drug-likeness (QED) is 0.827. The van der Waals surface area contributed by atoms with Gasteiger partial charge in [0.2, 0.25) is 11.8 Å². The fourth-order valence-corrected chi connectivity index (χ4v) is 1.30. The van der Waals surface area contributed by atoms with Crippen molar-refractivity contribution in [2.75, 3.05) is 11.9 Å². The summed E-state index contributed by atoms with van der Waals surface area (Å²) in [5.74, 6) is -0.445. The molecule has 2 amide bonds. The number of carbonyl (C=O) groups is 2. The molecule has 0 aliphatic rings. The maximum Gasteiger partial charge on any atom is 0.243 e. The summed E-state index contributed by atoms with van der Waals surface area (Å²) in [4.78, 5) is 21.8. The van der Waals surface area contributed by atoms with Crippen LogP contribution in [0.15, 0.2) is 24.3 Å². The molecule has 0 unspecified atom stereocenters. The van der Waals surface area contributed by atoms with Crippen LogP contribution in [0.5, 0.6) is 0 Å². The Morgan fingerprint density at radius 2 is 1.87 bits per heavy atom. The van der Waals surface area contributed by atoms with Gasteiger partial charge in [0.05, 0.1) is 6.54 Å². The number of halogens is 1. The molecule has 0 atom stereocenters. The predicted octanol–water partition coefficient (Wildman–Crippen LogP) is 1.37. The first kappa shape index (κ1) is 12.0. The fraction of sp³-hybridized carbons (Fsp3) is 0.200. The highest BCUT2D eigenvalue weighted by Crippen LogP contribution is 2.10. The van der Waals surface area contributed by atoms with E-state index >= 15 is 0 Å². The van der Waals surface area contributed by atoms with Crippen molar-refractivity contribution in [3.05, 3.63) is 27.8 Å². The van der Waals surface area contributed by atoms with Gasteiger partial charge in [-0.15, -0.1) is 0 Å². The maximum atomic E-state index is 11.3. The second-order valence-corrected chi connectivity index (χ2v) is 4.21. The van der Waals surface area contributed by atoms with Crippen LogP contribution in [0.2, 0.25) is 0 Å². The molecule has 0 spiro atoms. The third kappa shape index (κ3) is 4.78. The molecule has 0 aliphatic heterocycles. The van der Waals surface area contributed by atoms with Crippen molar-refractivity contribution in [2.45, 2.75) is 6.92 Å². The molecular formula is C10H11IN2O2. The predicted molar refractivity (Wildman–Crippen MR) is 66.5 cm³/mol. The summed E-state index contributed by atoms with van der Waals surface area (Å²) < 4.78 is 1.10. The number of hydrogen-bond acceptors (Lipinski definition) is 2. The first-order valence-electron chi connectivity index (χ1n) is 4.38. The van der Waals surface area contributed by atoms with Crippen LogP contribution in [-0.2, 0) is 9.59 Å². The van der Waals surface area contributed by atoms with Crippen molar-refractivity contribution in [3.8, 4) is 0 Å². The van der Waals surface area contributed by atoms with E-state index in [1.807, 2.05) is 24.3 Å². The Hall–Kier alpha value is -1.11. The molecule has 5 heteroatoms. The molecule has 1 aromatic carbocycles. The Kier molecular flexibility index (Phi) is 4.54. The van der Waals surface area contributed by atoms with Gasteiger partial charge in [0, 0.05) is 16.2 Å². The van der Waals surface area contributed by atoms with E-state index in [0.717, 1.165) is 9.26 Å². The molecule has 15 heavy (non-hydrogen) atoms. The molecule has 0 fully saturated rings. The smallest absolute Gasteiger partial charge is 0.243 e. The SMILES string of the molecule is CC(=O)NCC(=O)Nc1ccc(I)cc1. The third-order valence-corrected chi connectivity index (χ3v) is 2.35. The van der Waals surface area contributed by atoms with Crippen molar-refractivity contribution in [1.82, 2.24) is 5.32 Å². The van der Waals surface area contributed by atoms with Crippen LogP contribution in [0.3, 0.4) is 0 Å². The highest BCUT2D eigenvalue weighted by molar-refractivity contribution is 14.1. The molecule has 2 N–H and O–H groups in total. The highest BCUT2D eigenvalue weighted by atomic mass is 127. The first-order chi connectivity index (χ1) is 7.08. The Labute approximate surface area is 102 Å². The fourth-order valence-electron chi connectivity index (χ4n) is 0.943. The molecule has 0 bridgehead atoms. The molecule has 80 valence electrons. The molecule has 1 aromatic rings. The van der Waals surface area contributed by atoms with Gasteiger partial charge in [-0.2, -0.15) is 0 Å². The molecular weight excluding hydrogens is 307 g/mol. The number of amides is 2. The minimum Gasteiger partial charge on any atom is -0.347 e. The Morgan fingerprint density at radius 3 is 2.40 bits per heavy atom. The highest BCUT2D eigenvalue weighted by Gasteiger charge is 2.02. The van der Waals surface area contributed by atoms with E-state index in [4.69, 9.17) is 0 Å². The second-order valence-electron chi connectivity index (χ2n) is 2.96. The second kappa shape index (κ2) is 5.69. The molecule has 1 rings (SSSR count). The molecule has 0 saturated heterocycles. The van der Waals surface area contributed by atoms with Crippen molar-refractivity contribution >= 4 is 40.1 Å². The van der Waals surface area contributed by atoms with Gasteiger partial charge in [0.25, 0.3) is 0 Å². The van der Waals surface area contributed by atoms with Gasteiger partial charge in [0.15, 0.2) is 0 Å². The van der Waals surface area contributed by atoms with E-state index in [1.54, 1.807) is 0 Å². The Balaban J connectivity index is 2.44. The summed E-state index contributed by atoms with van der Waals surface area (Å²) in [5, 5.41) is 5.09. The van der Waals surface area contributed by atoms with E-state index in [9.17, 15) is 9.59 Å². The average molecular weight is 318 g/mol. The van der Waals surface area contributed by atoms with Crippen LogP contribution in [0.4, 0.5) is 5.69 Å². The van der Waals surface area contributed by atoms with Gasteiger partial charge in [-0.25, -0.2) is 0 Å². The monoisotopic (exact) mass is 318 g/mol. The lowest BCUT2D eigenvalue weighted by Crippen LogP contribution is -2.31. The van der Waals surface area contributed by atoms with E-state index < -0.39 is 0 Å².